The number of nitrogens with zero attached hydrogens (tertiary/aromatic N) is 3. The van der Waals surface area contributed by atoms with E-state index in [4.69, 9.17) is 17.2 Å². The van der Waals surface area contributed by atoms with Crippen molar-refractivity contribution in [1.82, 2.24) is 19.3 Å². The average molecular weight is 447 g/mol. The van der Waals surface area contributed by atoms with Gasteiger partial charge in [0.25, 0.3) is 5.91 Å². The number of hydrogen-bond donors (Lipinski definition) is 2. The summed E-state index contributed by atoms with van der Waals surface area (Å²) in [7, 11) is 0. The lowest BCUT2D eigenvalue weighted by Crippen LogP contribution is -3.18. The van der Waals surface area contributed by atoms with Crippen LogP contribution in [0.3, 0.4) is 0 Å². The molecule has 7 heteroatoms. The lowest BCUT2D eigenvalue weighted by molar-refractivity contribution is -0.930. The van der Waals surface area contributed by atoms with E-state index in [0.717, 1.165) is 59.8 Å². The standard InChI is InChI=1S/C25H27N5OS/c31-24(29-14-12-28(13-15-29)18-6-2-1-3-7-18)17-10-11-19-21(16-17)27-25(32)30-22-9-5-4-8-20(22)26-23(19)30/h4-5,8-11,16,18H,1-3,6-7,12-15H2,(H,27,32)/p+1. The van der Waals surface area contributed by atoms with Gasteiger partial charge in [0.1, 0.15) is 5.65 Å². The van der Waals surface area contributed by atoms with Crippen molar-refractivity contribution >= 4 is 45.7 Å². The molecule has 4 aromatic rings. The molecule has 2 N–H and O–H groups in total. The lowest BCUT2D eigenvalue weighted by Gasteiger charge is -2.38. The van der Waals surface area contributed by atoms with Gasteiger partial charge in [-0.3, -0.25) is 9.20 Å². The number of piperazine rings is 1. The molecule has 2 fully saturated rings. The molecule has 1 saturated heterocycles. The Morgan fingerprint density at radius 1 is 1.06 bits per heavy atom. The molecule has 2 aliphatic rings. The Kier molecular flexibility index (Phi) is 4.96. The smallest absolute Gasteiger partial charge is 0.254 e. The highest BCUT2D eigenvalue weighted by atomic mass is 32.1. The maximum absolute atomic E-state index is 13.3. The Hall–Kier alpha value is -2.77. The van der Waals surface area contributed by atoms with E-state index in [1.165, 1.54) is 32.1 Å². The van der Waals surface area contributed by atoms with Gasteiger partial charge in [-0.2, -0.15) is 0 Å². The fourth-order valence-electron chi connectivity index (χ4n) is 5.66. The molecule has 1 saturated carbocycles. The van der Waals surface area contributed by atoms with Crippen molar-refractivity contribution in [3.05, 3.63) is 52.8 Å². The summed E-state index contributed by atoms with van der Waals surface area (Å²) in [5, 5.41) is 0.970. The van der Waals surface area contributed by atoms with E-state index < -0.39 is 0 Å². The van der Waals surface area contributed by atoms with Crippen molar-refractivity contribution in [1.29, 1.82) is 0 Å². The molecule has 1 aliphatic heterocycles. The van der Waals surface area contributed by atoms with E-state index >= 15 is 0 Å². The molecule has 0 atom stereocenters. The summed E-state index contributed by atoms with van der Waals surface area (Å²) >= 11 is 5.64. The largest absolute Gasteiger partial charge is 0.331 e. The second kappa shape index (κ2) is 7.98. The van der Waals surface area contributed by atoms with Crippen LogP contribution in [-0.2, 0) is 0 Å². The number of H-pyrrole nitrogens is 1. The first-order valence-electron chi connectivity index (χ1n) is 11.8. The molecule has 6 nitrogen and oxygen atoms in total. The van der Waals surface area contributed by atoms with E-state index in [1.54, 1.807) is 4.90 Å². The average Bonchev–Trinajstić information content (AvgIpc) is 3.24. The SMILES string of the molecule is O=C(c1ccc2c(c1)[nH]c(=S)n1c3ccccc3nc21)N1CC[NH+](C2CCCCC2)CC1. The zero-order chi connectivity index (χ0) is 21.7. The molecule has 0 bridgehead atoms. The van der Waals surface area contributed by atoms with Crippen molar-refractivity contribution in [2.75, 3.05) is 26.2 Å². The zero-order valence-electron chi connectivity index (χ0n) is 18.1. The second-order valence-electron chi connectivity index (χ2n) is 9.24. The van der Waals surface area contributed by atoms with Crippen LogP contribution in [0.4, 0.5) is 0 Å². The maximum Gasteiger partial charge on any atom is 0.254 e. The number of nitrogens with one attached hydrogen (secondary N) is 2. The summed E-state index contributed by atoms with van der Waals surface area (Å²) in [6.45, 7) is 3.80. The molecular formula is C25H28N5OS+. The van der Waals surface area contributed by atoms with Gasteiger partial charge in [0.05, 0.1) is 48.8 Å². The van der Waals surface area contributed by atoms with Crippen LogP contribution in [0.2, 0.25) is 0 Å². The third-order valence-corrected chi connectivity index (χ3v) is 7.67. The quantitative estimate of drug-likeness (QED) is 0.464. The van der Waals surface area contributed by atoms with Crippen LogP contribution in [0.1, 0.15) is 42.5 Å². The summed E-state index contributed by atoms with van der Waals surface area (Å²) in [5.74, 6) is 0.113. The van der Waals surface area contributed by atoms with Crippen molar-refractivity contribution in [2.45, 2.75) is 38.1 Å². The number of carbonyl (C=O) groups is 1. The minimum absolute atomic E-state index is 0.113. The molecule has 2 aromatic heterocycles. The van der Waals surface area contributed by atoms with E-state index in [-0.39, 0.29) is 5.91 Å². The molecule has 0 radical (unpaired) electrons. The van der Waals surface area contributed by atoms with Crippen molar-refractivity contribution < 1.29 is 9.69 Å². The number of para-hydroxylation sites is 2. The number of rotatable bonds is 2. The summed E-state index contributed by atoms with van der Waals surface area (Å²) in [6, 6.07) is 14.7. The number of quaternary nitrogens is 1. The molecule has 164 valence electrons. The van der Waals surface area contributed by atoms with E-state index in [9.17, 15) is 4.79 Å². The van der Waals surface area contributed by atoms with Crippen LogP contribution in [0.25, 0.3) is 27.6 Å². The Labute approximate surface area is 191 Å². The maximum atomic E-state index is 13.3. The second-order valence-corrected chi connectivity index (χ2v) is 9.62. The summed E-state index contributed by atoms with van der Waals surface area (Å²) in [4.78, 5) is 25.1. The van der Waals surface area contributed by atoms with E-state index in [1.807, 2.05) is 51.8 Å². The fraction of sp³-hybridized carbons (Fsp3) is 0.400. The minimum atomic E-state index is 0.113. The number of amides is 1. The Bertz CT molecular complexity index is 1380. The Morgan fingerprint density at radius 2 is 1.84 bits per heavy atom. The number of hydrogen-bond acceptors (Lipinski definition) is 3. The van der Waals surface area contributed by atoms with Gasteiger partial charge >= 0.3 is 0 Å². The van der Waals surface area contributed by atoms with Crippen LogP contribution in [0, 0.1) is 4.77 Å². The highest BCUT2D eigenvalue weighted by Gasteiger charge is 2.30. The molecular weight excluding hydrogens is 418 g/mol. The van der Waals surface area contributed by atoms with Gasteiger partial charge in [0, 0.05) is 10.9 Å². The lowest BCUT2D eigenvalue weighted by atomic mass is 9.94. The zero-order valence-corrected chi connectivity index (χ0v) is 19.0. The molecule has 0 unspecified atom stereocenters. The topological polar surface area (TPSA) is 57.8 Å². The van der Waals surface area contributed by atoms with Crippen molar-refractivity contribution in [2.24, 2.45) is 0 Å². The fourth-order valence-corrected chi connectivity index (χ4v) is 5.95. The Morgan fingerprint density at radius 3 is 2.66 bits per heavy atom. The monoisotopic (exact) mass is 446 g/mol. The highest BCUT2D eigenvalue weighted by molar-refractivity contribution is 7.71. The van der Waals surface area contributed by atoms with Crippen LogP contribution < -0.4 is 4.90 Å². The predicted octanol–water partition coefficient (Wildman–Crippen LogP) is 3.37. The summed E-state index contributed by atoms with van der Waals surface area (Å²) in [6.07, 6.45) is 6.83. The Balaban J connectivity index is 1.28. The van der Waals surface area contributed by atoms with Crippen LogP contribution in [-0.4, -0.2) is 57.4 Å². The van der Waals surface area contributed by atoms with Gasteiger partial charge in [-0.05, 0) is 68.2 Å². The van der Waals surface area contributed by atoms with E-state index in [2.05, 4.69) is 4.98 Å². The first-order valence-corrected chi connectivity index (χ1v) is 12.2. The molecule has 6 rings (SSSR count). The number of benzene rings is 2. The first kappa shape index (κ1) is 19.9. The summed E-state index contributed by atoms with van der Waals surface area (Å²) in [5.41, 5.74) is 4.30. The van der Waals surface area contributed by atoms with Crippen molar-refractivity contribution in [3.8, 4) is 0 Å². The number of aromatic nitrogens is 3. The first-order chi connectivity index (χ1) is 15.7. The van der Waals surface area contributed by atoms with E-state index in [0.29, 0.717) is 10.3 Å². The molecule has 32 heavy (non-hydrogen) atoms. The molecule has 1 aliphatic carbocycles. The van der Waals surface area contributed by atoms with Crippen LogP contribution in [0.15, 0.2) is 42.5 Å². The van der Waals surface area contributed by atoms with Gasteiger partial charge in [0.15, 0.2) is 4.77 Å². The molecule has 1 amide bonds. The van der Waals surface area contributed by atoms with Gasteiger partial charge < -0.3 is 14.8 Å². The van der Waals surface area contributed by atoms with Gasteiger partial charge in [-0.25, -0.2) is 4.98 Å². The number of carbonyl (C=O) groups excluding carboxylic acids is 1. The number of imidazole rings is 1. The van der Waals surface area contributed by atoms with Gasteiger partial charge in [-0.1, -0.05) is 18.6 Å². The van der Waals surface area contributed by atoms with Gasteiger partial charge in [-0.15, -0.1) is 0 Å². The number of aromatic amines is 1. The third-order valence-electron chi connectivity index (χ3n) is 7.39. The summed E-state index contributed by atoms with van der Waals surface area (Å²) < 4.78 is 2.57. The van der Waals surface area contributed by atoms with Gasteiger partial charge in [0.2, 0.25) is 0 Å². The minimum Gasteiger partial charge on any atom is -0.331 e. The molecule has 2 aromatic carbocycles. The third kappa shape index (κ3) is 3.31. The van der Waals surface area contributed by atoms with Crippen LogP contribution >= 0.6 is 12.2 Å². The highest BCUT2D eigenvalue weighted by Crippen LogP contribution is 2.24. The number of fused-ring (bicyclic) bond motifs is 5. The van der Waals surface area contributed by atoms with Crippen molar-refractivity contribution in [3.63, 3.8) is 0 Å². The van der Waals surface area contributed by atoms with Crippen LogP contribution in [0.5, 0.6) is 0 Å². The normalized spacial score (nSPS) is 18.7. The molecule has 0 spiro atoms. The predicted molar refractivity (Wildman–Crippen MR) is 129 cm³/mol. The molecule has 3 heterocycles.